The number of H-pyrrole nitrogens is 1. The van der Waals surface area contributed by atoms with E-state index < -0.39 is 0 Å². The second-order valence-corrected chi connectivity index (χ2v) is 4.15. The van der Waals surface area contributed by atoms with Crippen LogP contribution in [0.1, 0.15) is 5.69 Å². The number of hydrogen-bond acceptors (Lipinski definition) is 6. The molecule has 0 fully saturated rings. The summed E-state index contributed by atoms with van der Waals surface area (Å²) in [7, 11) is 1.92. The zero-order valence-electron chi connectivity index (χ0n) is 10.5. The third-order valence-electron chi connectivity index (χ3n) is 2.90. The number of hydrogen-bond donors (Lipinski definition) is 3. The Morgan fingerprint density at radius 2 is 2.32 bits per heavy atom. The van der Waals surface area contributed by atoms with Crippen molar-refractivity contribution in [3.05, 3.63) is 24.3 Å². The van der Waals surface area contributed by atoms with Crippen LogP contribution in [0.3, 0.4) is 0 Å². The van der Waals surface area contributed by atoms with Gasteiger partial charge in [0.15, 0.2) is 11.5 Å². The minimum atomic E-state index is 0.211. The van der Waals surface area contributed by atoms with Crippen LogP contribution in [0, 0.1) is 0 Å². The van der Waals surface area contributed by atoms with Crippen LogP contribution in [0.2, 0.25) is 0 Å². The van der Waals surface area contributed by atoms with Gasteiger partial charge in [-0.25, -0.2) is 4.98 Å². The molecule has 0 saturated carbocycles. The standard InChI is InChI=1S/C11H14N8/c1-19-7(3-5-16-19)2-4-13-9-8-10(15-6-14-8)18-11(12)17-9/h3,5-6H,2,4H2,1H3,(H4,12,13,14,15,17,18). The summed E-state index contributed by atoms with van der Waals surface area (Å²) < 4.78 is 1.85. The number of nitrogens with one attached hydrogen (secondary N) is 2. The second kappa shape index (κ2) is 4.56. The SMILES string of the molecule is Cn1nccc1CCNc1nc(N)nc2nc[nH]c12. The average molecular weight is 258 g/mol. The molecule has 0 amide bonds. The van der Waals surface area contributed by atoms with E-state index in [0.717, 1.165) is 24.2 Å². The third-order valence-corrected chi connectivity index (χ3v) is 2.90. The molecule has 19 heavy (non-hydrogen) atoms. The smallest absolute Gasteiger partial charge is 0.224 e. The van der Waals surface area contributed by atoms with Gasteiger partial charge >= 0.3 is 0 Å². The molecule has 3 heterocycles. The molecule has 0 radical (unpaired) electrons. The topological polar surface area (TPSA) is 110 Å². The van der Waals surface area contributed by atoms with E-state index in [2.05, 4.69) is 30.4 Å². The largest absolute Gasteiger partial charge is 0.368 e. The number of anilines is 2. The monoisotopic (exact) mass is 258 g/mol. The molecule has 0 aliphatic carbocycles. The van der Waals surface area contributed by atoms with Gasteiger partial charge in [-0.15, -0.1) is 0 Å². The summed E-state index contributed by atoms with van der Waals surface area (Å²) >= 11 is 0. The molecule has 3 aromatic heterocycles. The summed E-state index contributed by atoms with van der Waals surface area (Å²) in [6, 6.07) is 1.99. The van der Waals surface area contributed by atoms with Gasteiger partial charge in [0, 0.05) is 31.9 Å². The number of aromatic nitrogens is 6. The average Bonchev–Trinajstić information content (AvgIpc) is 2.98. The lowest BCUT2D eigenvalue weighted by molar-refractivity contribution is 0.711. The van der Waals surface area contributed by atoms with Crippen LogP contribution in [-0.2, 0) is 13.5 Å². The molecule has 0 aliphatic heterocycles. The van der Waals surface area contributed by atoms with Crippen LogP contribution < -0.4 is 11.1 Å². The van der Waals surface area contributed by atoms with Crippen molar-refractivity contribution >= 4 is 22.9 Å². The highest BCUT2D eigenvalue weighted by molar-refractivity contribution is 5.83. The predicted molar refractivity (Wildman–Crippen MR) is 71.5 cm³/mol. The summed E-state index contributed by atoms with van der Waals surface area (Å²) in [5.74, 6) is 0.879. The molecule has 8 nitrogen and oxygen atoms in total. The minimum absolute atomic E-state index is 0.211. The van der Waals surface area contributed by atoms with Gasteiger partial charge in [0.25, 0.3) is 0 Å². The van der Waals surface area contributed by atoms with Crippen LogP contribution >= 0.6 is 0 Å². The first kappa shape index (κ1) is 11.5. The first-order chi connectivity index (χ1) is 9.24. The van der Waals surface area contributed by atoms with Gasteiger partial charge in [0.2, 0.25) is 5.95 Å². The highest BCUT2D eigenvalue weighted by atomic mass is 15.3. The van der Waals surface area contributed by atoms with Crippen LogP contribution in [0.25, 0.3) is 11.2 Å². The number of nitrogens with zero attached hydrogens (tertiary/aromatic N) is 5. The lowest BCUT2D eigenvalue weighted by Gasteiger charge is -2.07. The maximum atomic E-state index is 5.64. The number of aryl methyl sites for hydroxylation is 1. The minimum Gasteiger partial charge on any atom is -0.368 e. The van der Waals surface area contributed by atoms with Crippen molar-refractivity contribution in [2.24, 2.45) is 7.05 Å². The molecule has 3 aromatic rings. The fraction of sp³-hybridized carbons (Fsp3) is 0.273. The molecule has 0 aromatic carbocycles. The normalized spacial score (nSPS) is 11.0. The Kier molecular flexibility index (Phi) is 2.75. The zero-order valence-corrected chi connectivity index (χ0v) is 10.5. The van der Waals surface area contributed by atoms with E-state index in [0.29, 0.717) is 11.5 Å². The molecule has 8 heteroatoms. The van der Waals surface area contributed by atoms with Gasteiger partial charge in [-0.1, -0.05) is 0 Å². The molecule has 0 atom stereocenters. The number of rotatable bonds is 4. The fourth-order valence-electron chi connectivity index (χ4n) is 1.93. The van der Waals surface area contributed by atoms with E-state index >= 15 is 0 Å². The Hall–Kier alpha value is -2.64. The molecule has 3 rings (SSSR count). The Bertz CT molecular complexity index is 698. The second-order valence-electron chi connectivity index (χ2n) is 4.15. The van der Waals surface area contributed by atoms with E-state index in [4.69, 9.17) is 5.73 Å². The molecule has 0 bridgehead atoms. The molecule has 0 aliphatic rings. The maximum absolute atomic E-state index is 5.64. The van der Waals surface area contributed by atoms with E-state index in [1.807, 2.05) is 17.8 Å². The van der Waals surface area contributed by atoms with E-state index in [9.17, 15) is 0 Å². The summed E-state index contributed by atoms with van der Waals surface area (Å²) in [6.07, 6.45) is 4.20. The first-order valence-corrected chi connectivity index (χ1v) is 5.91. The van der Waals surface area contributed by atoms with Crippen molar-refractivity contribution in [1.82, 2.24) is 29.7 Å². The predicted octanol–water partition coefficient (Wildman–Crippen LogP) is 0.323. The number of nitrogens with two attached hydrogens (primary N) is 1. The highest BCUT2D eigenvalue weighted by Gasteiger charge is 2.08. The van der Waals surface area contributed by atoms with E-state index in [1.54, 1.807) is 12.5 Å². The molecule has 4 N–H and O–H groups in total. The van der Waals surface area contributed by atoms with Crippen molar-refractivity contribution in [2.75, 3.05) is 17.6 Å². The zero-order chi connectivity index (χ0) is 13.2. The molecule has 0 saturated heterocycles. The quantitative estimate of drug-likeness (QED) is 0.621. The van der Waals surface area contributed by atoms with Gasteiger partial charge < -0.3 is 16.0 Å². The Morgan fingerprint density at radius 1 is 1.42 bits per heavy atom. The lowest BCUT2D eigenvalue weighted by atomic mass is 10.3. The van der Waals surface area contributed by atoms with Crippen LogP contribution in [-0.4, -0.2) is 36.3 Å². The van der Waals surface area contributed by atoms with Crippen LogP contribution in [0.4, 0.5) is 11.8 Å². The Balaban J connectivity index is 1.75. The van der Waals surface area contributed by atoms with Gasteiger partial charge in [0.1, 0.15) is 5.52 Å². The van der Waals surface area contributed by atoms with Crippen molar-refractivity contribution in [3.63, 3.8) is 0 Å². The number of nitrogen functional groups attached to an aromatic ring is 1. The lowest BCUT2D eigenvalue weighted by Crippen LogP contribution is -2.10. The molecular formula is C11H14N8. The summed E-state index contributed by atoms with van der Waals surface area (Å²) in [6.45, 7) is 0.726. The van der Waals surface area contributed by atoms with E-state index in [1.165, 1.54) is 0 Å². The van der Waals surface area contributed by atoms with Gasteiger partial charge in [0.05, 0.1) is 6.33 Å². The van der Waals surface area contributed by atoms with Gasteiger partial charge in [-0.3, -0.25) is 4.68 Å². The number of imidazole rings is 1. The maximum Gasteiger partial charge on any atom is 0.224 e. The fourth-order valence-corrected chi connectivity index (χ4v) is 1.93. The first-order valence-electron chi connectivity index (χ1n) is 5.91. The van der Waals surface area contributed by atoms with Crippen molar-refractivity contribution < 1.29 is 0 Å². The molecule has 98 valence electrons. The number of aromatic amines is 1. The highest BCUT2D eigenvalue weighted by Crippen LogP contribution is 2.17. The Morgan fingerprint density at radius 3 is 3.11 bits per heavy atom. The Labute approximate surface area is 109 Å². The van der Waals surface area contributed by atoms with Crippen molar-refractivity contribution in [2.45, 2.75) is 6.42 Å². The molecular weight excluding hydrogens is 244 g/mol. The van der Waals surface area contributed by atoms with Crippen LogP contribution in [0.5, 0.6) is 0 Å². The molecule has 0 spiro atoms. The van der Waals surface area contributed by atoms with Gasteiger partial charge in [-0.05, 0) is 6.07 Å². The van der Waals surface area contributed by atoms with Gasteiger partial charge in [-0.2, -0.15) is 15.1 Å². The molecule has 0 unspecified atom stereocenters. The number of fused-ring (bicyclic) bond motifs is 1. The van der Waals surface area contributed by atoms with Crippen molar-refractivity contribution in [1.29, 1.82) is 0 Å². The third kappa shape index (κ3) is 2.19. The van der Waals surface area contributed by atoms with E-state index in [-0.39, 0.29) is 5.95 Å². The van der Waals surface area contributed by atoms with Crippen molar-refractivity contribution in [3.8, 4) is 0 Å². The van der Waals surface area contributed by atoms with Crippen LogP contribution in [0.15, 0.2) is 18.6 Å². The summed E-state index contributed by atoms with van der Waals surface area (Å²) in [5, 5.41) is 7.36. The summed E-state index contributed by atoms with van der Waals surface area (Å²) in [5.41, 5.74) is 8.12. The summed E-state index contributed by atoms with van der Waals surface area (Å²) in [4.78, 5) is 15.3.